The number of carbonyl (C=O) groups is 1. The summed E-state index contributed by atoms with van der Waals surface area (Å²) in [5.74, 6) is -0.445. The molecule has 0 spiro atoms. The molecule has 32 heavy (non-hydrogen) atoms. The van der Waals surface area contributed by atoms with Gasteiger partial charge in [-0.3, -0.25) is 0 Å². The van der Waals surface area contributed by atoms with Crippen molar-refractivity contribution in [2.24, 2.45) is 10.2 Å². The summed E-state index contributed by atoms with van der Waals surface area (Å²) < 4.78 is 30.3. The fraction of sp³-hybridized carbons (Fsp3) is 0.125. The maximum absolute atomic E-state index is 12.6. The summed E-state index contributed by atoms with van der Waals surface area (Å²) >= 11 is 0. The topological polar surface area (TPSA) is 88.4 Å². The van der Waals surface area contributed by atoms with E-state index in [1.54, 1.807) is 42.5 Å². The Hall–Kier alpha value is -3.78. The number of ether oxygens (including phenoxy) is 1. The molecule has 0 saturated heterocycles. The molecule has 0 fully saturated rings. The molecule has 0 heterocycles. The number of anilines is 1. The van der Waals surface area contributed by atoms with Crippen molar-refractivity contribution in [3.8, 4) is 0 Å². The van der Waals surface area contributed by atoms with Crippen LogP contribution in [0.3, 0.4) is 0 Å². The van der Waals surface area contributed by atoms with Gasteiger partial charge in [-0.1, -0.05) is 24.8 Å². The summed E-state index contributed by atoms with van der Waals surface area (Å²) in [5, 5.41) is 8.37. The van der Waals surface area contributed by atoms with Crippen LogP contribution in [0.25, 0.3) is 0 Å². The number of hydrogen-bond donors (Lipinski definition) is 0. The molecule has 3 aromatic carbocycles. The molecule has 0 aliphatic carbocycles. The molecule has 7 nitrogen and oxygen atoms in total. The number of rotatable bonds is 9. The Morgan fingerprint density at radius 1 is 0.906 bits per heavy atom. The van der Waals surface area contributed by atoms with Crippen LogP contribution >= 0.6 is 0 Å². The molecule has 8 heteroatoms. The van der Waals surface area contributed by atoms with Gasteiger partial charge in [0.1, 0.15) is 6.61 Å². The molecule has 0 amide bonds. The van der Waals surface area contributed by atoms with Gasteiger partial charge in [-0.05, 0) is 60.7 Å². The predicted molar refractivity (Wildman–Crippen MR) is 123 cm³/mol. The van der Waals surface area contributed by atoms with E-state index in [0.717, 1.165) is 11.8 Å². The highest BCUT2D eigenvalue weighted by Crippen LogP contribution is 2.25. The molecule has 0 atom stereocenters. The molecule has 3 aromatic rings. The summed E-state index contributed by atoms with van der Waals surface area (Å²) in [7, 11) is -1.67. The van der Waals surface area contributed by atoms with Crippen LogP contribution in [0, 0.1) is 0 Å². The van der Waals surface area contributed by atoms with Gasteiger partial charge in [0.25, 0.3) is 0 Å². The summed E-state index contributed by atoms with van der Waals surface area (Å²) in [6.45, 7) is 4.16. The molecular weight excluding hydrogens is 426 g/mol. The molecule has 0 radical (unpaired) electrons. The summed E-state index contributed by atoms with van der Waals surface area (Å²) in [5.41, 5.74) is 2.14. The highest BCUT2D eigenvalue weighted by molar-refractivity contribution is 7.91. The minimum Gasteiger partial charge on any atom is -0.461 e. The lowest BCUT2D eigenvalue weighted by atomic mass is 10.2. The van der Waals surface area contributed by atoms with E-state index in [1.807, 2.05) is 36.2 Å². The lowest BCUT2D eigenvalue weighted by Gasteiger charge is -2.18. The summed E-state index contributed by atoms with van der Waals surface area (Å²) in [6, 6.07) is 22.0. The molecule has 0 saturated carbocycles. The Balaban J connectivity index is 1.61. The third kappa shape index (κ3) is 5.89. The van der Waals surface area contributed by atoms with Gasteiger partial charge in [-0.15, -0.1) is 0 Å². The van der Waals surface area contributed by atoms with Gasteiger partial charge in [0.2, 0.25) is 9.84 Å². The Kier molecular flexibility index (Phi) is 7.51. The third-order valence-corrected chi connectivity index (χ3v) is 6.40. The number of benzene rings is 3. The van der Waals surface area contributed by atoms with Crippen LogP contribution in [-0.4, -0.2) is 34.6 Å². The van der Waals surface area contributed by atoms with Gasteiger partial charge in [0.05, 0.1) is 27.7 Å². The van der Waals surface area contributed by atoms with Crippen LogP contribution in [0.4, 0.5) is 17.1 Å². The maximum Gasteiger partial charge on any atom is 0.330 e. The SMILES string of the molecule is C=CC(=O)OCCN(C)c1ccc(N=Nc2ccc(S(=O)(=O)c3ccccc3)cc2)cc1. The van der Waals surface area contributed by atoms with Crippen molar-refractivity contribution >= 4 is 32.9 Å². The normalized spacial score (nSPS) is 11.3. The van der Waals surface area contributed by atoms with Gasteiger partial charge in [-0.2, -0.15) is 10.2 Å². The zero-order chi connectivity index (χ0) is 23.0. The minimum absolute atomic E-state index is 0.203. The molecule has 3 rings (SSSR count). The van der Waals surface area contributed by atoms with Crippen molar-refractivity contribution < 1.29 is 17.9 Å². The number of azo groups is 1. The fourth-order valence-electron chi connectivity index (χ4n) is 2.79. The van der Waals surface area contributed by atoms with Gasteiger partial charge in [0.15, 0.2) is 0 Å². The number of nitrogens with zero attached hydrogens (tertiary/aromatic N) is 3. The lowest BCUT2D eigenvalue weighted by Crippen LogP contribution is -2.23. The standard InChI is InChI=1S/C24H23N3O4S/c1-3-24(28)31-18-17-27(2)21-13-9-19(10-14-21)25-26-20-11-15-23(16-12-20)32(29,30)22-7-5-4-6-8-22/h3-16H,1,17-18H2,2H3. The maximum atomic E-state index is 12.6. The fourth-order valence-corrected chi connectivity index (χ4v) is 4.07. The van der Waals surface area contributed by atoms with Gasteiger partial charge in [-0.25, -0.2) is 13.2 Å². The molecule has 164 valence electrons. The van der Waals surface area contributed by atoms with Gasteiger partial charge < -0.3 is 9.64 Å². The molecule has 0 bridgehead atoms. The van der Waals surface area contributed by atoms with Crippen molar-refractivity contribution in [2.45, 2.75) is 9.79 Å². The first-order valence-electron chi connectivity index (χ1n) is 9.82. The highest BCUT2D eigenvalue weighted by Gasteiger charge is 2.16. The van der Waals surface area contributed by atoms with Crippen LogP contribution in [0.1, 0.15) is 0 Å². The Bertz CT molecular complexity index is 1190. The average molecular weight is 450 g/mol. The van der Waals surface area contributed by atoms with Crippen molar-refractivity contribution in [1.29, 1.82) is 0 Å². The quantitative estimate of drug-likeness (QED) is 0.258. The van der Waals surface area contributed by atoms with E-state index in [4.69, 9.17) is 4.74 Å². The highest BCUT2D eigenvalue weighted by atomic mass is 32.2. The molecule has 0 aliphatic heterocycles. The van der Waals surface area contributed by atoms with Crippen molar-refractivity contribution in [3.63, 3.8) is 0 Å². The summed E-state index contributed by atoms with van der Waals surface area (Å²) in [4.78, 5) is 13.5. The number of sulfone groups is 1. The van der Waals surface area contributed by atoms with Crippen LogP contribution in [-0.2, 0) is 19.4 Å². The molecular formula is C24H23N3O4S. The summed E-state index contributed by atoms with van der Waals surface area (Å²) in [6.07, 6.45) is 1.13. The van der Waals surface area contributed by atoms with Gasteiger partial charge >= 0.3 is 5.97 Å². The Morgan fingerprint density at radius 2 is 1.44 bits per heavy atom. The predicted octanol–water partition coefficient (Wildman–Crippen LogP) is 5.10. The monoisotopic (exact) mass is 449 g/mol. The number of likely N-dealkylation sites (N-methyl/N-ethyl adjacent to an activating group) is 1. The van der Waals surface area contributed by atoms with Crippen LogP contribution < -0.4 is 4.90 Å². The average Bonchev–Trinajstić information content (AvgIpc) is 2.83. The van der Waals surface area contributed by atoms with E-state index in [-0.39, 0.29) is 16.4 Å². The molecule has 0 N–H and O–H groups in total. The van der Waals surface area contributed by atoms with E-state index in [2.05, 4.69) is 16.8 Å². The Labute approximate surface area is 187 Å². The zero-order valence-corrected chi connectivity index (χ0v) is 18.4. The van der Waals surface area contributed by atoms with Crippen molar-refractivity contribution in [1.82, 2.24) is 0 Å². The first kappa shape index (κ1) is 22.9. The van der Waals surface area contributed by atoms with E-state index in [0.29, 0.717) is 17.9 Å². The number of carbonyl (C=O) groups excluding carboxylic acids is 1. The Morgan fingerprint density at radius 3 is 2.00 bits per heavy atom. The largest absolute Gasteiger partial charge is 0.461 e. The second-order valence-corrected chi connectivity index (χ2v) is 8.77. The smallest absolute Gasteiger partial charge is 0.330 e. The number of esters is 1. The van der Waals surface area contributed by atoms with Crippen LogP contribution in [0.2, 0.25) is 0 Å². The third-order valence-electron chi connectivity index (χ3n) is 4.61. The molecule has 0 unspecified atom stereocenters. The van der Waals surface area contributed by atoms with Gasteiger partial charge in [0, 0.05) is 18.8 Å². The van der Waals surface area contributed by atoms with E-state index >= 15 is 0 Å². The van der Waals surface area contributed by atoms with E-state index in [9.17, 15) is 13.2 Å². The first-order valence-corrected chi connectivity index (χ1v) is 11.3. The second-order valence-electron chi connectivity index (χ2n) is 6.82. The minimum atomic E-state index is -3.56. The molecule has 0 aromatic heterocycles. The van der Waals surface area contributed by atoms with Crippen LogP contribution in [0.15, 0.2) is 112 Å². The lowest BCUT2D eigenvalue weighted by molar-refractivity contribution is -0.137. The molecule has 0 aliphatic rings. The van der Waals surface area contributed by atoms with Crippen molar-refractivity contribution in [2.75, 3.05) is 25.1 Å². The second kappa shape index (κ2) is 10.5. The van der Waals surface area contributed by atoms with Crippen LogP contribution in [0.5, 0.6) is 0 Å². The van der Waals surface area contributed by atoms with Crippen molar-refractivity contribution in [3.05, 3.63) is 91.5 Å². The zero-order valence-electron chi connectivity index (χ0n) is 17.6. The number of hydrogen-bond acceptors (Lipinski definition) is 7. The van der Waals surface area contributed by atoms with E-state index in [1.165, 1.54) is 12.1 Å². The first-order chi connectivity index (χ1) is 15.4. The van der Waals surface area contributed by atoms with E-state index < -0.39 is 15.8 Å².